The van der Waals surface area contributed by atoms with Crippen molar-refractivity contribution in [1.29, 1.82) is 0 Å². The van der Waals surface area contributed by atoms with E-state index in [2.05, 4.69) is 0 Å². The van der Waals surface area contributed by atoms with Gasteiger partial charge in [0, 0.05) is 6.61 Å². The molecule has 17 heavy (non-hydrogen) atoms. The van der Waals surface area contributed by atoms with Crippen LogP contribution in [0.25, 0.3) is 0 Å². The van der Waals surface area contributed by atoms with Gasteiger partial charge in [0.25, 0.3) is 0 Å². The number of ether oxygens (including phenoxy) is 2. The summed E-state index contributed by atoms with van der Waals surface area (Å²) in [6, 6.07) is 7.95. The summed E-state index contributed by atoms with van der Waals surface area (Å²) in [5.74, 6) is -0.214. The standard InChI is InChI=1S/C14H20O3/c1-4-16-13(10-14(15)17-5-2)12-9-7-6-8-11(12)3/h6-9,13H,4-5,10H2,1-3H3. The molecule has 0 spiro atoms. The molecule has 0 saturated heterocycles. The molecular weight excluding hydrogens is 216 g/mol. The third-order valence-electron chi connectivity index (χ3n) is 2.56. The predicted molar refractivity (Wildman–Crippen MR) is 66.8 cm³/mol. The first-order chi connectivity index (χ1) is 8.19. The summed E-state index contributed by atoms with van der Waals surface area (Å²) in [5.41, 5.74) is 2.19. The Morgan fingerprint density at radius 1 is 1.24 bits per heavy atom. The van der Waals surface area contributed by atoms with Gasteiger partial charge in [-0.05, 0) is 31.9 Å². The van der Waals surface area contributed by atoms with Crippen LogP contribution in [-0.2, 0) is 14.3 Å². The summed E-state index contributed by atoms with van der Waals surface area (Å²) in [6.07, 6.45) is 0.0623. The fraction of sp³-hybridized carbons (Fsp3) is 0.500. The van der Waals surface area contributed by atoms with Crippen molar-refractivity contribution in [2.24, 2.45) is 0 Å². The van der Waals surface area contributed by atoms with Crippen LogP contribution in [0.15, 0.2) is 24.3 Å². The van der Waals surface area contributed by atoms with Crippen molar-refractivity contribution < 1.29 is 14.3 Å². The van der Waals surface area contributed by atoms with Gasteiger partial charge in [-0.15, -0.1) is 0 Å². The Morgan fingerprint density at radius 2 is 1.94 bits per heavy atom. The van der Waals surface area contributed by atoms with Crippen LogP contribution in [0.4, 0.5) is 0 Å². The highest BCUT2D eigenvalue weighted by Gasteiger charge is 2.18. The quantitative estimate of drug-likeness (QED) is 0.712. The van der Waals surface area contributed by atoms with Gasteiger partial charge < -0.3 is 9.47 Å². The third kappa shape index (κ3) is 4.19. The molecule has 0 fully saturated rings. The molecule has 1 rings (SSSR count). The lowest BCUT2D eigenvalue weighted by molar-refractivity contribution is -0.146. The lowest BCUT2D eigenvalue weighted by atomic mass is 10.0. The number of hydrogen-bond donors (Lipinski definition) is 0. The molecule has 0 radical (unpaired) electrons. The number of carbonyl (C=O) groups is 1. The molecule has 0 N–H and O–H groups in total. The average Bonchev–Trinajstić information content (AvgIpc) is 2.29. The van der Waals surface area contributed by atoms with Gasteiger partial charge in [0.2, 0.25) is 0 Å². The Kier molecular flexibility index (Phi) is 5.70. The van der Waals surface area contributed by atoms with E-state index in [9.17, 15) is 4.79 Å². The van der Waals surface area contributed by atoms with E-state index in [1.54, 1.807) is 6.92 Å². The summed E-state index contributed by atoms with van der Waals surface area (Å²) in [6.45, 7) is 6.74. The molecule has 0 heterocycles. The van der Waals surface area contributed by atoms with Gasteiger partial charge in [-0.2, -0.15) is 0 Å². The van der Waals surface area contributed by atoms with Gasteiger partial charge in [-0.1, -0.05) is 24.3 Å². The molecule has 3 nitrogen and oxygen atoms in total. The van der Waals surface area contributed by atoms with Gasteiger partial charge in [0.15, 0.2) is 0 Å². The Hall–Kier alpha value is -1.35. The molecule has 3 heteroatoms. The van der Waals surface area contributed by atoms with Crippen LogP contribution in [0.5, 0.6) is 0 Å². The minimum atomic E-state index is -0.214. The average molecular weight is 236 g/mol. The van der Waals surface area contributed by atoms with Crippen LogP contribution >= 0.6 is 0 Å². The number of rotatable bonds is 6. The zero-order valence-corrected chi connectivity index (χ0v) is 10.7. The summed E-state index contributed by atoms with van der Waals surface area (Å²) < 4.78 is 10.6. The molecule has 1 atom stereocenters. The number of esters is 1. The summed E-state index contributed by atoms with van der Waals surface area (Å²) >= 11 is 0. The maximum absolute atomic E-state index is 11.5. The fourth-order valence-electron chi connectivity index (χ4n) is 1.78. The van der Waals surface area contributed by atoms with E-state index in [1.807, 2.05) is 38.1 Å². The maximum Gasteiger partial charge on any atom is 0.308 e. The lowest BCUT2D eigenvalue weighted by Crippen LogP contribution is -2.14. The zero-order chi connectivity index (χ0) is 12.7. The van der Waals surface area contributed by atoms with E-state index in [0.29, 0.717) is 13.2 Å². The van der Waals surface area contributed by atoms with E-state index in [4.69, 9.17) is 9.47 Å². The van der Waals surface area contributed by atoms with E-state index in [-0.39, 0.29) is 18.5 Å². The molecule has 0 aliphatic heterocycles. The molecule has 0 amide bonds. The molecule has 0 aliphatic carbocycles. The van der Waals surface area contributed by atoms with Crippen molar-refractivity contribution in [3.05, 3.63) is 35.4 Å². The second-order valence-electron chi connectivity index (χ2n) is 3.81. The third-order valence-corrected chi connectivity index (χ3v) is 2.56. The number of benzene rings is 1. The minimum absolute atomic E-state index is 0.208. The molecule has 0 saturated carbocycles. The van der Waals surface area contributed by atoms with Crippen molar-refractivity contribution in [2.75, 3.05) is 13.2 Å². The monoisotopic (exact) mass is 236 g/mol. The highest BCUT2D eigenvalue weighted by molar-refractivity contribution is 5.70. The summed E-state index contributed by atoms with van der Waals surface area (Å²) in [4.78, 5) is 11.5. The Labute approximate surface area is 103 Å². The van der Waals surface area contributed by atoms with Crippen molar-refractivity contribution in [1.82, 2.24) is 0 Å². The second kappa shape index (κ2) is 7.07. The van der Waals surface area contributed by atoms with Crippen molar-refractivity contribution in [3.63, 3.8) is 0 Å². The van der Waals surface area contributed by atoms with Gasteiger partial charge in [0.05, 0.1) is 19.1 Å². The Bertz CT molecular complexity index is 360. The normalized spacial score (nSPS) is 12.2. The van der Waals surface area contributed by atoms with Gasteiger partial charge in [-0.25, -0.2) is 0 Å². The molecule has 0 bridgehead atoms. The number of aryl methyl sites for hydroxylation is 1. The zero-order valence-electron chi connectivity index (χ0n) is 10.7. The molecule has 0 aliphatic rings. The Balaban J connectivity index is 2.78. The maximum atomic E-state index is 11.5. The first kappa shape index (κ1) is 13.7. The highest BCUT2D eigenvalue weighted by Crippen LogP contribution is 2.24. The van der Waals surface area contributed by atoms with Crippen molar-refractivity contribution in [2.45, 2.75) is 33.3 Å². The molecule has 1 aromatic rings. The van der Waals surface area contributed by atoms with Crippen LogP contribution < -0.4 is 0 Å². The smallest absolute Gasteiger partial charge is 0.308 e. The van der Waals surface area contributed by atoms with Gasteiger partial charge in [0.1, 0.15) is 0 Å². The van der Waals surface area contributed by atoms with E-state index in [1.165, 1.54) is 0 Å². The first-order valence-corrected chi connectivity index (χ1v) is 6.01. The molecule has 1 aromatic carbocycles. The van der Waals surface area contributed by atoms with Crippen molar-refractivity contribution in [3.8, 4) is 0 Å². The summed E-state index contributed by atoms with van der Waals surface area (Å²) in [5, 5.41) is 0. The van der Waals surface area contributed by atoms with Crippen LogP contribution in [0.2, 0.25) is 0 Å². The Morgan fingerprint density at radius 3 is 2.53 bits per heavy atom. The first-order valence-electron chi connectivity index (χ1n) is 6.01. The van der Waals surface area contributed by atoms with E-state index >= 15 is 0 Å². The van der Waals surface area contributed by atoms with Crippen LogP contribution in [0.1, 0.15) is 37.5 Å². The largest absolute Gasteiger partial charge is 0.466 e. The number of hydrogen-bond acceptors (Lipinski definition) is 3. The molecular formula is C14H20O3. The van der Waals surface area contributed by atoms with Crippen LogP contribution in [-0.4, -0.2) is 19.2 Å². The van der Waals surface area contributed by atoms with Crippen LogP contribution in [0, 0.1) is 6.92 Å². The molecule has 1 unspecified atom stereocenters. The van der Waals surface area contributed by atoms with E-state index < -0.39 is 0 Å². The minimum Gasteiger partial charge on any atom is -0.466 e. The molecule has 0 aromatic heterocycles. The number of carbonyl (C=O) groups excluding carboxylic acids is 1. The topological polar surface area (TPSA) is 35.5 Å². The van der Waals surface area contributed by atoms with E-state index in [0.717, 1.165) is 11.1 Å². The molecule has 94 valence electrons. The highest BCUT2D eigenvalue weighted by atomic mass is 16.5. The summed E-state index contributed by atoms with van der Waals surface area (Å²) in [7, 11) is 0. The lowest BCUT2D eigenvalue weighted by Gasteiger charge is -2.18. The van der Waals surface area contributed by atoms with Crippen LogP contribution in [0.3, 0.4) is 0 Å². The SMILES string of the molecule is CCOC(=O)CC(OCC)c1ccccc1C. The van der Waals surface area contributed by atoms with Crippen molar-refractivity contribution >= 4 is 5.97 Å². The predicted octanol–water partition coefficient (Wildman–Crippen LogP) is 3.03. The second-order valence-corrected chi connectivity index (χ2v) is 3.81. The van der Waals surface area contributed by atoms with Gasteiger partial charge in [-0.3, -0.25) is 4.79 Å². The fourth-order valence-corrected chi connectivity index (χ4v) is 1.78. The van der Waals surface area contributed by atoms with Gasteiger partial charge >= 0.3 is 5.97 Å².